The Bertz CT molecular complexity index is 397. The molecule has 102 valence electrons. The van der Waals surface area contributed by atoms with Gasteiger partial charge in [-0.2, -0.15) is 5.10 Å². The molecule has 1 unspecified atom stereocenters. The monoisotopic (exact) mass is 314 g/mol. The molecule has 0 aromatic carbocycles. The number of aliphatic hydroxyl groups excluding tert-OH is 1. The van der Waals surface area contributed by atoms with Gasteiger partial charge in [0.15, 0.2) is 0 Å². The molecule has 1 saturated carbocycles. The van der Waals surface area contributed by atoms with Gasteiger partial charge in [-0.1, -0.05) is 12.8 Å². The van der Waals surface area contributed by atoms with Gasteiger partial charge in [0.2, 0.25) is 0 Å². The van der Waals surface area contributed by atoms with Crippen molar-refractivity contribution in [2.75, 3.05) is 0 Å². The van der Waals surface area contributed by atoms with Gasteiger partial charge in [0.1, 0.15) is 0 Å². The van der Waals surface area contributed by atoms with Crippen LogP contribution in [0.1, 0.15) is 50.4 Å². The van der Waals surface area contributed by atoms with E-state index in [2.05, 4.69) is 28.0 Å². The van der Waals surface area contributed by atoms with Gasteiger partial charge in [-0.3, -0.25) is 4.68 Å². The van der Waals surface area contributed by atoms with E-state index in [1.807, 2.05) is 11.6 Å². The Morgan fingerprint density at radius 2 is 2.11 bits per heavy atom. The fourth-order valence-corrected chi connectivity index (χ4v) is 3.45. The zero-order valence-electron chi connectivity index (χ0n) is 11.3. The Kier molecular flexibility index (Phi) is 4.84. The molecule has 3 nitrogen and oxygen atoms in total. The Morgan fingerprint density at radius 3 is 2.72 bits per heavy atom. The van der Waals surface area contributed by atoms with Gasteiger partial charge in [0.25, 0.3) is 0 Å². The number of hydrogen-bond acceptors (Lipinski definition) is 2. The van der Waals surface area contributed by atoms with Crippen molar-refractivity contribution in [2.45, 2.75) is 65.0 Å². The number of hydrogen-bond donors (Lipinski definition) is 1. The Hall–Kier alpha value is -0.350. The summed E-state index contributed by atoms with van der Waals surface area (Å²) in [5.74, 6) is 0.530. The zero-order chi connectivity index (χ0) is 13.1. The van der Waals surface area contributed by atoms with Crippen LogP contribution in [0.15, 0.2) is 4.47 Å². The highest BCUT2D eigenvalue weighted by molar-refractivity contribution is 9.10. The van der Waals surface area contributed by atoms with Crippen LogP contribution in [0, 0.1) is 12.8 Å². The van der Waals surface area contributed by atoms with E-state index in [-0.39, 0.29) is 6.10 Å². The predicted octanol–water partition coefficient (Wildman–Crippen LogP) is 3.46. The van der Waals surface area contributed by atoms with Crippen molar-refractivity contribution in [3.05, 3.63) is 15.9 Å². The summed E-state index contributed by atoms with van der Waals surface area (Å²) in [6.07, 6.45) is 6.61. The molecule has 1 fully saturated rings. The summed E-state index contributed by atoms with van der Waals surface area (Å²) in [4.78, 5) is 0. The second-order valence-corrected chi connectivity index (χ2v) is 6.11. The molecule has 1 atom stereocenters. The number of aliphatic hydroxyl groups is 1. The molecule has 1 aliphatic rings. The van der Waals surface area contributed by atoms with Crippen LogP contribution in [0.5, 0.6) is 0 Å². The second kappa shape index (κ2) is 6.20. The summed E-state index contributed by atoms with van der Waals surface area (Å²) in [6.45, 7) is 5.02. The second-order valence-electron chi connectivity index (χ2n) is 5.31. The summed E-state index contributed by atoms with van der Waals surface area (Å²) >= 11 is 3.61. The van der Waals surface area contributed by atoms with Gasteiger partial charge >= 0.3 is 0 Å². The number of aromatic nitrogens is 2. The zero-order valence-corrected chi connectivity index (χ0v) is 12.9. The SMILES string of the molecule is CCn1nc(C)c(Br)c1CCC(O)C1CCCC1. The quantitative estimate of drug-likeness (QED) is 0.903. The normalized spacial score (nSPS) is 18.4. The topological polar surface area (TPSA) is 38.0 Å². The molecule has 0 aliphatic heterocycles. The van der Waals surface area contributed by atoms with Gasteiger partial charge in [0.05, 0.1) is 22.0 Å². The van der Waals surface area contributed by atoms with E-state index in [9.17, 15) is 5.11 Å². The molecule has 0 amide bonds. The fourth-order valence-electron chi connectivity index (χ4n) is 2.97. The molecule has 0 spiro atoms. The molecule has 4 heteroatoms. The first-order valence-corrected chi connectivity index (χ1v) is 7.82. The van der Waals surface area contributed by atoms with Crippen molar-refractivity contribution in [3.63, 3.8) is 0 Å². The van der Waals surface area contributed by atoms with Crippen LogP contribution in [-0.2, 0) is 13.0 Å². The summed E-state index contributed by atoms with van der Waals surface area (Å²) in [6, 6.07) is 0. The molecule has 1 N–H and O–H groups in total. The third-order valence-corrected chi connectivity index (χ3v) is 5.11. The molecule has 1 aromatic rings. The van der Waals surface area contributed by atoms with E-state index in [4.69, 9.17) is 0 Å². The number of halogens is 1. The largest absolute Gasteiger partial charge is 0.393 e. The van der Waals surface area contributed by atoms with Crippen molar-refractivity contribution in [3.8, 4) is 0 Å². The lowest BCUT2D eigenvalue weighted by molar-refractivity contribution is 0.102. The lowest BCUT2D eigenvalue weighted by Crippen LogP contribution is -2.19. The van der Waals surface area contributed by atoms with Crippen LogP contribution in [0.4, 0.5) is 0 Å². The first-order valence-electron chi connectivity index (χ1n) is 7.03. The number of aryl methyl sites for hydroxylation is 2. The molecule has 2 rings (SSSR count). The van der Waals surface area contributed by atoms with E-state index in [0.29, 0.717) is 5.92 Å². The highest BCUT2D eigenvalue weighted by Gasteiger charge is 2.23. The maximum absolute atomic E-state index is 10.2. The van der Waals surface area contributed by atoms with Crippen LogP contribution >= 0.6 is 15.9 Å². The first-order chi connectivity index (χ1) is 8.63. The minimum absolute atomic E-state index is 0.139. The molecule has 18 heavy (non-hydrogen) atoms. The van der Waals surface area contributed by atoms with Crippen molar-refractivity contribution in [1.29, 1.82) is 0 Å². The summed E-state index contributed by atoms with van der Waals surface area (Å²) < 4.78 is 3.16. The number of nitrogens with zero attached hydrogens (tertiary/aromatic N) is 2. The van der Waals surface area contributed by atoms with Gasteiger partial charge in [-0.15, -0.1) is 0 Å². The van der Waals surface area contributed by atoms with Gasteiger partial charge < -0.3 is 5.11 Å². The van der Waals surface area contributed by atoms with E-state index >= 15 is 0 Å². The van der Waals surface area contributed by atoms with Crippen LogP contribution in [0.3, 0.4) is 0 Å². The van der Waals surface area contributed by atoms with Gasteiger partial charge in [-0.25, -0.2) is 0 Å². The van der Waals surface area contributed by atoms with Crippen LogP contribution in [0.25, 0.3) is 0 Å². The smallest absolute Gasteiger partial charge is 0.0738 e. The highest BCUT2D eigenvalue weighted by Crippen LogP contribution is 2.30. The van der Waals surface area contributed by atoms with Crippen LogP contribution in [-0.4, -0.2) is 21.0 Å². The third kappa shape index (κ3) is 2.97. The maximum atomic E-state index is 10.2. The molecule has 1 aliphatic carbocycles. The highest BCUT2D eigenvalue weighted by atomic mass is 79.9. The lowest BCUT2D eigenvalue weighted by atomic mass is 9.96. The standard InChI is InChI=1S/C14H23BrN2O/c1-3-17-12(14(15)10(2)16-17)8-9-13(18)11-6-4-5-7-11/h11,13,18H,3-9H2,1-2H3. The van der Waals surface area contributed by atoms with Crippen molar-refractivity contribution in [1.82, 2.24) is 9.78 Å². The van der Waals surface area contributed by atoms with Crippen LogP contribution in [0.2, 0.25) is 0 Å². The Balaban J connectivity index is 1.96. The van der Waals surface area contributed by atoms with E-state index < -0.39 is 0 Å². The predicted molar refractivity (Wildman–Crippen MR) is 76.6 cm³/mol. The van der Waals surface area contributed by atoms with Crippen molar-refractivity contribution >= 4 is 15.9 Å². The summed E-state index contributed by atoms with van der Waals surface area (Å²) in [5.41, 5.74) is 2.27. The summed E-state index contributed by atoms with van der Waals surface area (Å²) in [7, 11) is 0. The van der Waals surface area contributed by atoms with E-state index in [1.54, 1.807) is 0 Å². The molecule has 0 saturated heterocycles. The van der Waals surface area contributed by atoms with Gasteiger partial charge in [0, 0.05) is 6.54 Å². The lowest BCUT2D eigenvalue weighted by Gasteiger charge is -2.17. The molecular formula is C14H23BrN2O. The third-order valence-electron chi connectivity index (χ3n) is 4.07. The average Bonchev–Trinajstić information content (AvgIpc) is 2.97. The van der Waals surface area contributed by atoms with E-state index in [1.165, 1.54) is 31.4 Å². The Morgan fingerprint density at radius 1 is 1.44 bits per heavy atom. The molecule has 1 aromatic heterocycles. The average molecular weight is 315 g/mol. The summed E-state index contributed by atoms with van der Waals surface area (Å²) in [5, 5.41) is 14.7. The van der Waals surface area contributed by atoms with Crippen molar-refractivity contribution < 1.29 is 5.11 Å². The Labute approximate surface area is 118 Å². The minimum atomic E-state index is -0.139. The molecular weight excluding hydrogens is 292 g/mol. The van der Waals surface area contributed by atoms with Crippen LogP contribution < -0.4 is 0 Å². The number of rotatable bonds is 5. The van der Waals surface area contributed by atoms with Gasteiger partial charge in [-0.05, 0) is 61.4 Å². The molecule has 1 heterocycles. The maximum Gasteiger partial charge on any atom is 0.0738 e. The van der Waals surface area contributed by atoms with E-state index in [0.717, 1.165) is 29.6 Å². The van der Waals surface area contributed by atoms with Crippen molar-refractivity contribution in [2.24, 2.45) is 5.92 Å². The fraction of sp³-hybridized carbons (Fsp3) is 0.786. The first kappa shape index (κ1) is 14.1. The minimum Gasteiger partial charge on any atom is -0.393 e. The molecule has 0 bridgehead atoms. The molecule has 0 radical (unpaired) electrons.